The summed E-state index contributed by atoms with van der Waals surface area (Å²) in [5.41, 5.74) is 9.77. The average molecular weight is 268 g/mol. The Morgan fingerprint density at radius 2 is 2.05 bits per heavy atom. The van der Waals surface area contributed by atoms with Gasteiger partial charge in [0.05, 0.1) is 0 Å². The third kappa shape index (κ3) is 1.99. The van der Waals surface area contributed by atoms with Gasteiger partial charge in [-0.3, -0.25) is 4.79 Å². The minimum Gasteiger partial charge on any atom is -0.508 e. The highest BCUT2D eigenvalue weighted by Crippen LogP contribution is 2.31. The van der Waals surface area contributed by atoms with Crippen molar-refractivity contribution in [1.82, 2.24) is 0 Å². The smallest absolute Gasteiger partial charge is 0.258 e. The molecule has 20 heavy (non-hydrogen) atoms. The minimum atomic E-state index is -0.0579. The zero-order valence-corrected chi connectivity index (χ0v) is 11.3. The Labute approximate surface area is 117 Å². The van der Waals surface area contributed by atoms with Gasteiger partial charge in [0.2, 0.25) is 0 Å². The Balaban J connectivity index is 1.97. The molecular weight excluding hydrogens is 252 g/mol. The van der Waals surface area contributed by atoms with E-state index in [9.17, 15) is 9.90 Å². The van der Waals surface area contributed by atoms with E-state index in [0.717, 1.165) is 17.7 Å². The fourth-order valence-electron chi connectivity index (χ4n) is 2.55. The lowest BCUT2D eigenvalue weighted by atomic mass is 10.1. The van der Waals surface area contributed by atoms with Crippen LogP contribution in [0, 0.1) is 6.92 Å². The van der Waals surface area contributed by atoms with Gasteiger partial charge in [0, 0.05) is 23.5 Å². The molecule has 2 aromatic rings. The van der Waals surface area contributed by atoms with Gasteiger partial charge in [-0.1, -0.05) is 6.07 Å². The molecule has 2 aromatic carbocycles. The predicted molar refractivity (Wildman–Crippen MR) is 79.1 cm³/mol. The van der Waals surface area contributed by atoms with Gasteiger partial charge in [-0.25, -0.2) is 0 Å². The van der Waals surface area contributed by atoms with Crippen LogP contribution in [0.1, 0.15) is 21.5 Å². The van der Waals surface area contributed by atoms with Crippen LogP contribution in [-0.2, 0) is 6.42 Å². The predicted octanol–water partition coefficient (Wildman–Crippen LogP) is 2.49. The molecule has 0 fully saturated rings. The number of hydrogen-bond acceptors (Lipinski definition) is 3. The van der Waals surface area contributed by atoms with Crippen molar-refractivity contribution in [3.05, 3.63) is 53.1 Å². The van der Waals surface area contributed by atoms with Crippen LogP contribution in [0.15, 0.2) is 36.4 Å². The number of hydrogen-bond donors (Lipinski definition) is 2. The van der Waals surface area contributed by atoms with Crippen molar-refractivity contribution in [1.29, 1.82) is 0 Å². The normalized spacial score (nSPS) is 13.3. The molecule has 4 heteroatoms. The summed E-state index contributed by atoms with van der Waals surface area (Å²) < 4.78 is 0. The van der Waals surface area contributed by atoms with Gasteiger partial charge < -0.3 is 15.7 Å². The molecule has 0 spiro atoms. The van der Waals surface area contributed by atoms with E-state index in [1.54, 1.807) is 30.0 Å². The summed E-state index contributed by atoms with van der Waals surface area (Å²) in [4.78, 5) is 14.3. The standard InChI is InChI=1S/C16H16N2O2/c1-10-8-12(3-5-15(10)19)16(20)18-7-6-11-2-4-13(17)9-14(11)18/h2-5,8-9,19H,6-7,17H2,1H3. The van der Waals surface area contributed by atoms with Crippen molar-refractivity contribution in [3.63, 3.8) is 0 Å². The lowest BCUT2D eigenvalue weighted by Crippen LogP contribution is -2.28. The second kappa shape index (κ2) is 4.56. The van der Waals surface area contributed by atoms with E-state index < -0.39 is 0 Å². The first-order chi connectivity index (χ1) is 9.56. The summed E-state index contributed by atoms with van der Waals surface area (Å²) in [6.45, 7) is 2.44. The largest absolute Gasteiger partial charge is 0.508 e. The Hall–Kier alpha value is -2.49. The number of carbonyl (C=O) groups excluding carboxylic acids is 1. The zero-order chi connectivity index (χ0) is 14.3. The number of benzene rings is 2. The number of rotatable bonds is 1. The van der Waals surface area contributed by atoms with E-state index in [2.05, 4.69) is 0 Å². The number of carbonyl (C=O) groups is 1. The molecular formula is C16H16N2O2. The first kappa shape index (κ1) is 12.5. The highest BCUT2D eigenvalue weighted by Gasteiger charge is 2.25. The second-order valence-corrected chi connectivity index (χ2v) is 5.10. The molecule has 102 valence electrons. The number of aromatic hydroxyl groups is 1. The molecule has 0 bridgehead atoms. The third-order valence-corrected chi connectivity index (χ3v) is 3.69. The summed E-state index contributed by atoms with van der Waals surface area (Å²) in [5.74, 6) is 0.144. The van der Waals surface area contributed by atoms with Gasteiger partial charge in [0.25, 0.3) is 5.91 Å². The Morgan fingerprint density at radius 3 is 2.80 bits per heavy atom. The Bertz CT molecular complexity index is 695. The summed E-state index contributed by atoms with van der Waals surface area (Å²) in [6.07, 6.45) is 0.846. The van der Waals surface area contributed by atoms with Crippen LogP contribution >= 0.6 is 0 Å². The van der Waals surface area contributed by atoms with Gasteiger partial charge in [-0.15, -0.1) is 0 Å². The number of aryl methyl sites for hydroxylation is 1. The van der Waals surface area contributed by atoms with Crippen LogP contribution in [0.4, 0.5) is 11.4 Å². The monoisotopic (exact) mass is 268 g/mol. The van der Waals surface area contributed by atoms with Crippen molar-refractivity contribution >= 4 is 17.3 Å². The van der Waals surface area contributed by atoms with Crippen LogP contribution in [0.2, 0.25) is 0 Å². The molecule has 1 aliphatic rings. The number of phenols is 1. The maximum Gasteiger partial charge on any atom is 0.258 e. The van der Waals surface area contributed by atoms with Gasteiger partial charge in [0.15, 0.2) is 0 Å². The van der Waals surface area contributed by atoms with Crippen LogP contribution < -0.4 is 10.6 Å². The topological polar surface area (TPSA) is 66.6 Å². The summed E-state index contributed by atoms with van der Waals surface area (Å²) in [5, 5.41) is 9.54. The Morgan fingerprint density at radius 1 is 1.25 bits per heavy atom. The summed E-state index contributed by atoms with van der Waals surface area (Å²) >= 11 is 0. The number of nitrogen functional groups attached to an aromatic ring is 1. The Kier molecular flexibility index (Phi) is 2.86. The number of fused-ring (bicyclic) bond motifs is 1. The van der Waals surface area contributed by atoms with Gasteiger partial charge in [-0.2, -0.15) is 0 Å². The quantitative estimate of drug-likeness (QED) is 0.781. The van der Waals surface area contributed by atoms with Gasteiger partial charge in [-0.05, 0) is 54.8 Å². The molecule has 0 saturated carbocycles. The van der Waals surface area contributed by atoms with E-state index in [0.29, 0.717) is 23.4 Å². The van der Waals surface area contributed by atoms with Gasteiger partial charge in [0.1, 0.15) is 5.75 Å². The summed E-state index contributed by atoms with van der Waals surface area (Å²) in [6, 6.07) is 10.6. The maximum atomic E-state index is 12.6. The zero-order valence-electron chi connectivity index (χ0n) is 11.3. The molecule has 4 nitrogen and oxygen atoms in total. The lowest BCUT2D eigenvalue weighted by Gasteiger charge is -2.18. The SMILES string of the molecule is Cc1cc(C(=O)N2CCc3ccc(N)cc32)ccc1O. The minimum absolute atomic E-state index is 0.0579. The lowest BCUT2D eigenvalue weighted by molar-refractivity contribution is 0.0989. The van der Waals surface area contributed by atoms with Crippen LogP contribution in [0.3, 0.4) is 0 Å². The second-order valence-electron chi connectivity index (χ2n) is 5.10. The molecule has 0 radical (unpaired) electrons. The van der Waals surface area contributed by atoms with Crippen molar-refractivity contribution < 1.29 is 9.90 Å². The van der Waals surface area contributed by atoms with Crippen LogP contribution in [0.5, 0.6) is 5.75 Å². The maximum absolute atomic E-state index is 12.6. The fourth-order valence-corrected chi connectivity index (χ4v) is 2.55. The van der Waals surface area contributed by atoms with Crippen molar-refractivity contribution in [2.75, 3.05) is 17.2 Å². The van der Waals surface area contributed by atoms with E-state index in [1.807, 2.05) is 18.2 Å². The average Bonchev–Trinajstić information content (AvgIpc) is 2.84. The van der Waals surface area contributed by atoms with Gasteiger partial charge >= 0.3 is 0 Å². The molecule has 0 saturated heterocycles. The van der Waals surface area contributed by atoms with Crippen LogP contribution in [-0.4, -0.2) is 17.6 Å². The molecule has 0 unspecified atom stereocenters. The van der Waals surface area contributed by atoms with Crippen molar-refractivity contribution in [3.8, 4) is 5.75 Å². The van der Waals surface area contributed by atoms with E-state index in [1.165, 1.54) is 0 Å². The number of nitrogens with zero attached hydrogens (tertiary/aromatic N) is 1. The molecule has 0 aliphatic carbocycles. The molecule has 3 N–H and O–H groups in total. The van der Waals surface area contributed by atoms with Crippen LogP contribution in [0.25, 0.3) is 0 Å². The number of amides is 1. The molecule has 0 aromatic heterocycles. The van der Waals surface area contributed by atoms with E-state index in [4.69, 9.17) is 5.73 Å². The van der Waals surface area contributed by atoms with E-state index >= 15 is 0 Å². The number of phenolic OH excluding ortho intramolecular Hbond substituents is 1. The summed E-state index contributed by atoms with van der Waals surface area (Å²) in [7, 11) is 0. The third-order valence-electron chi connectivity index (χ3n) is 3.69. The number of nitrogens with two attached hydrogens (primary N) is 1. The molecule has 1 amide bonds. The molecule has 1 heterocycles. The highest BCUT2D eigenvalue weighted by molar-refractivity contribution is 6.07. The van der Waals surface area contributed by atoms with Crippen molar-refractivity contribution in [2.45, 2.75) is 13.3 Å². The fraction of sp³-hybridized carbons (Fsp3) is 0.188. The molecule has 1 aliphatic heterocycles. The van der Waals surface area contributed by atoms with Crippen molar-refractivity contribution in [2.24, 2.45) is 0 Å². The number of anilines is 2. The first-order valence-electron chi connectivity index (χ1n) is 6.56. The molecule has 3 rings (SSSR count). The first-order valence-corrected chi connectivity index (χ1v) is 6.56. The highest BCUT2D eigenvalue weighted by atomic mass is 16.3. The van der Waals surface area contributed by atoms with E-state index in [-0.39, 0.29) is 11.7 Å². The molecule has 0 atom stereocenters.